The molecule has 0 aromatic heterocycles. The summed E-state index contributed by atoms with van der Waals surface area (Å²) in [6, 6.07) is 6.13. The van der Waals surface area contributed by atoms with E-state index in [1.807, 2.05) is 25.2 Å². The number of hydrogen-bond donors (Lipinski definition) is 1. The molecule has 1 aromatic rings. The van der Waals surface area contributed by atoms with Crippen LogP contribution < -0.4 is 5.32 Å². The smallest absolute Gasteiger partial charge is 0.0439 e. The Kier molecular flexibility index (Phi) is 6.84. The minimum absolute atomic E-state index is 0.380. The second-order valence-corrected chi connectivity index (χ2v) is 7.87. The third-order valence-electron chi connectivity index (χ3n) is 3.53. The molecule has 1 nitrogen and oxygen atoms in total. The molecule has 2 unspecified atom stereocenters. The largest absolute Gasteiger partial charge is 0.317 e. The lowest BCUT2D eigenvalue weighted by atomic mass is 9.82. The summed E-state index contributed by atoms with van der Waals surface area (Å²) >= 11 is 12.3. The third-order valence-corrected chi connectivity index (χ3v) is 4.13. The molecule has 3 heteroatoms. The quantitative estimate of drug-likeness (QED) is 0.721. The van der Waals surface area contributed by atoms with Gasteiger partial charge in [-0.2, -0.15) is 0 Å². The first-order valence-corrected chi connectivity index (χ1v) is 8.08. The van der Waals surface area contributed by atoms with Crippen LogP contribution >= 0.6 is 23.2 Å². The molecule has 0 aliphatic heterocycles. The summed E-state index contributed by atoms with van der Waals surface area (Å²) in [5.74, 6) is 0.686. The van der Waals surface area contributed by atoms with Crippen molar-refractivity contribution in [2.75, 3.05) is 7.05 Å². The zero-order chi connectivity index (χ0) is 15.3. The molecule has 0 amide bonds. The van der Waals surface area contributed by atoms with Gasteiger partial charge in [-0.25, -0.2) is 0 Å². The molecule has 0 radical (unpaired) electrons. The maximum atomic E-state index is 6.25. The van der Waals surface area contributed by atoms with Gasteiger partial charge >= 0.3 is 0 Å². The predicted molar refractivity (Wildman–Crippen MR) is 90.9 cm³/mol. The van der Waals surface area contributed by atoms with E-state index in [4.69, 9.17) is 23.2 Å². The van der Waals surface area contributed by atoms with Gasteiger partial charge < -0.3 is 5.32 Å². The van der Waals surface area contributed by atoms with Crippen LogP contribution in [0.15, 0.2) is 18.2 Å². The molecule has 0 saturated heterocycles. The highest BCUT2D eigenvalue weighted by Gasteiger charge is 2.19. The number of nitrogens with one attached hydrogen (secondary N) is 1. The Morgan fingerprint density at radius 1 is 1.20 bits per heavy atom. The number of rotatable bonds is 6. The van der Waals surface area contributed by atoms with Crippen molar-refractivity contribution in [2.24, 2.45) is 11.3 Å². The van der Waals surface area contributed by atoms with Gasteiger partial charge in [0.15, 0.2) is 0 Å². The highest BCUT2D eigenvalue weighted by atomic mass is 35.5. The van der Waals surface area contributed by atoms with Crippen LogP contribution in [0.3, 0.4) is 0 Å². The highest BCUT2D eigenvalue weighted by Crippen LogP contribution is 2.28. The van der Waals surface area contributed by atoms with Gasteiger partial charge in [-0.3, -0.25) is 0 Å². The van der Waals surface area contributed by atoms with Crippen molar-refractivity contribution in [3.8, 4) is 0 Å². The molecule has 2 atom stereocenters. The van der Waals surface area contributed by atoms with Gasteiger partial charge in [0.2, 0.25) is 0 Å². The summed E-state index contributed by atoms with van der Waals surface area (Å²) in [5, 5.41) is 4.97. The zero-order valence-electron chi connectivity index (χ0n) is 13.3. The van der Waals surface area contributed by atoms with Gasteiger partial charge in [0.05, 0.1) is 0 Å². The first-order chi connectivity index (χ1) is 9.21. The zero-order valence-corrected chi connectivity index (χ0v) is 14.8. The predicted octanol–water partition coefficient (Wildman–Crippen LogP) is 5.59. The standard InChI is InChI=1S/C17H27Cl2N/c1-12(11-17(2,3)4)8-15(20-5)10-13-9-14(18)6-7-16(13)19/h6-7,9,12,15,20H,8,10-11H2,1-5H3. The normalized spacial score (nSPS) is 15.2. The van der Waals surface area contributed by atoms with Crippen LogP contribution in [-0.4, -0.2) is 13.1 Å². The van der Waals surface area contributed by atoms with Crippen LogP contribution in [0.2, 0.25) is 10.0 Å². The van der Waals surface area contributed by atoms with Crippen molar-refractivity contribution in [2.45, 2.75) is 53.0 Å². The Morgan fingerprint density at radius 3 is 2.40 bits per heavy atom. The van der Waals surface area contributed by atoms with E-state index >= 15 is 0 Å². The lowest BCUT2D eigenvalue weighted by Crippen LogP contribution is -2.30. The second-order valence-electron chi connectivity index (χ2n) is 7.03. The minimum atomic E-state index is 0.380. The van der Waals surface area contributed by atoms with Crippen molar-refractivity contribution in [1.82, 2.24) is 5.32 Å². The van der Waals surface area contributed by atoms with Gasteiger partial charge in [0.1, 0.15) is 0 Å². The molecule has 20 heavy (non-hydrogen) atoms. The van der Waals surface area contributed by atoms with Gasteiger partial charge in [-0.15, -0.1) is 0 Å². The summed E-state index contributed by atoms with van der Waals surface area (Å²) in [6.45, 7) is 9.22. The van der Waals surface area contributed by atoms with Crippen molar-refractivity contribution in [1.29, 1.82) is 0 Å². The van der Waals surface area contributed by atoms with Crippen molar-refractivity contribution in [3.05, 3.63) is 33.8 Å². The monoisotopic (exact) mass is 315 g/mol. The Balaban J connectivity index is 2.65. The molecular formula is C17H27Cl2N. The molecule has 0 bridgehead atoms. The fourth-order valence-electron chi connectivity index (χ4n) is 2.88. The number of halogens is 2. The molecule has 0 fully saturated rings. The maximum absolute atomic E-state index is 6.25. The first kappa shape index (κ1) is 17.8. The molecule has 0 saturated carbocycles. The molecule has 0 spiro atoms. The fraction of sp³-hybridized carbons (Fsp3) is 0.647. The Bertz CT molecular complexity index is 423. The lowest BCUT2D eigenvalue weighted by Gasteiger charge is -2.27. The van der Waals surface area contributed by atoms with Crippen LogP contribution in [0.5, 0.6) is 0 Å². The van der Waals surface area contributed by atoms with E-state index < -0.39 is 0 Å². The van der Waals surface area contributed by atoms with E-state index in [1.54, 1.807) is 0 Å². The van der Waals surface area contributed by atoms with Gasteiger partial charge in [0, 0.05) is 16.1 Å². The van der Waals surface area contributed by atoms with Crippen molar-refractivity contribution >= 4 is 23.2 Å². The molecular weight excluding hydrogens is 289 g/mol. The molecule has 0 aliphatic rings. The summed E-state index contributed by atoms with van der Waals surface area (Å²) in [5.41, 5.74) is 1.51. The average Bonchev–Trinajstić information content (AvgIpc) is 2.30. The Hall–Kier alpha value is -0.240. The molecule has 0 heterocycles. The summed E-state index contributed by atoms with van der Waals surface area (Å²) < 4.78 is 0. The van der Waals surface area contributed by atoms with Crippen molar-refractivity contribution < 1.29 is 0 Å². The van der Waals surface area contributed by atoms with Crippen LogP contribution in [0.4, 0.5) is 0 Å². The molecule has 114 valence electrons. The average molecular weight is 316 g/mol. The Morgan fingerprint density at radius 2 is 1.85 bits per heavy atom. The molecule has 0 aliphatic carbocycles. The minimum Gasteiger partial charge on any atom is -0.317 e. The van der Waals surface area contributed by atoms with Crippen molar-refractivity contribution in [3.63, 3.8) is 0 Å². The highest BCUT2D eigenvalue weighted by molar-refractivity contribution is 6.33. The van der Waals surface area contributed by atoms with E-state index in [1.165, 1.54) is 6.42 Å². The summed E-state index contributed by atoms with van der Waals surface area (Å²) in [7, 11) is 2.02. The first-order valence-electron chi connectivity index (χ1n) is 7.32. The summed E-state index contributed by atoms with van der Waals surface area (Å²) in [4.78, 5) is 0. The molecule has 1 rings (SSSR count). The van der Waals surface area contributed by atoms with E-state index in [-0.39, 0.29) is 0 Å². The van der Waals surface area contributed by atoms with E-state index in [2.05, 4.69) is 33.0 Å². The molecule has 1 aromatic carbocycles. The van der Waals surface area contributed by atoms with Gasteiger partial charge in [0.25, 0.3) is 0 Å². The number of likely N-dealkylation sites (N-methyl/N-ethyl adjacent to an activating group) is 1. The third kappa shape index (κ3) is 6.47. The van der Waals surface area contributed by atoms with E-state index in [0.29, 0.717) is 17.4 Å². The van der Waals surface area contributed by atoms with Crippen LogP contribution in [-0.2, 0) is 6.42 Å². The molecule has 1 N–H and O–H groups in total. The van der Waals surface area contributed by atoms with E-state index in [9.17, 15) is 0 Å². The topological polar surface area (TPSA) is 12.0 Å². The van der Waals surface area contributed by atoms with Crippen LogP contribution in [0.25, 0.3) is 0 Å². The lowest BCUT2D eigenvalue weighted by molar-refractivity contribution is 0.277. The second kappa shape index (κ2) is 7.68. The number of benzene rings is 1. The summed E-state index contributed by atoms with van der Waals surface area (Å²) in [6.07, 6.45) is 3.30. The van der Waals surface area contributed by atoms with Crippen LogP contribution in [0.1, 0.15) is 46.1 Å². The number of hydrogen-bond acceptors (Lipinski definition) is 1. The Labute approximate surface area is 134 Å². The van der Waals surface area contributed by atoms with E-state index in [0.717, 1.165) is 28.5 Å². The fourth-order valence-corrected chi connectivity index (χ4v) is 3.27. The van der Waals surface area contributed by atoms with Crippen LogP contribution in [0, 0.1) is 11.3 Å². The maximum Gasteiger partial charge on any atom is 0.0439 e. The SMILES string of the molecule is CNC(Cc1cc(Cl)ccc1Cl)CC(C)CC(C)(C)C. The van der Waals surface area contributed by atoms with Gasteiger partial charge in [-0.1, -0.05) is 50.9 Å². The van der Waals surface area contributed by atoms with Gasteiger partial charge in [-0.05, 0) is 61.4 Å².